The standard InChI is InChI=1S/C15H20N2O3/c1-10(2)20-12-5-3-11(4-6-12)13(16)9-17-14(18)7-8-15(17)19/h3-6,10,13H,7-9,16H2,1-2H3. The van der Waals surface area contributed by atoms with Crippen molar-refractivity contribution in [1.29, 1.82) is 0 Å². The predicted molar refractivity (Wildman–Crippen MR) is 75.1 cm³/mol. The lowest BCUT2D eigenvalue weighted by molar-refractivity contribution is -0.138. The summed E-state index contributed by atoms with van der Waals surface area (Å²) in [5.41, 5.74) is 6.95. The van der Waals surface area contributed by atoms with Crippen LogP contribution in [0.1, 0.15) is 38.3 Å². The molecule has 5 nitrogen and oxygen atoms in total. The smallest absolute Gasteiger partial charge is 0.229 e. The molecular formula is C15H20N2O3. The van der Waals surface area contributed by atoms with Crippen LogP contribution in [-0.4, -0.2) is 29.4 Å². The second kappa shape index (κ2) is 6.05. The van der Waals surface area contributed by atoms with Gasteiger partial charge in [-0.1, -0.05) is 12.1 Å². The highest BCUT2D eigenvalue weighted by atomic mass is 16.5. The Hall–Kier alpha value is -1.88. The van der Waals surface area contributed by atoms with Gasteiger partial charge in [-0.25, -0.2) is 0 Å². The summed E-state index contributed by atoms with van der Waals surface area (Å²) < 4.78 is 5.56. The maximum absolute atomic E-state index is 11.6. The van der Waals surface area contributed by atoms with E-state index in [1.54, 1.807) is 0 Å². The summed E-state index contributed by atoms with van der Waals surface area (Å²) in [4.78, 5) is 24.4. The highest BCUT2D eigenvalue weighted by molar-refractivity contribution is 6.01. The Balaban J connectivity index is 2.00. The molecule has 1 aromatic carbocycles. The van der Waals surface area contributed by atoms with Gasteiger partial charge in [0.2, 0.25) is 11.8 Å². The minimum absolute atomic E-state index is 0.120. The van der Waals surface area contributed by atoms with E-state index in [9.17, 15) is 9.59 Å². The number of nitrogens with two attached hydrogens (primary N) is 1. The molecule has 0 radical (unpaired) electrons. The van der Waals surface area contributed by atoms with Crippen LogP contribution in [0.25, 0.3) is 0 Å². The van der Waals surface area contributed by atoms with Crippen LogP contribution >= 0.6 is 0 Å². The highest BCUT2D eigenvalue weighted by Crippen LogP contribution is 2.20. The van der Waals surface area contributed by atoms with E-state index in [-0.39, 0.29) is 30.5 Å². The summed E-state index contributed by atoms with van der Waals surface area (Å²) in [6.07, 6.45) is 0.716. The zero-order valence-corrected chi connectivity index (χ0v) is 11.8. The number of nitrogens with zero attached hydrogens (tertiary/aromatic N) is 1. The zero-order chi connectivity index (χ0) is 14.7. The molecule has 2 amide bonds. The summed E-state index contributed by atoms with van der Waals surface area (Å²) in [7, 11) is 0. The minimum Gasteiger partial charge on any atom is -0.491 e. The van der Waals surface area contributed by atoms with E-state index in [1.807, 2.05) is 38.1 Å². The summed E-state index contributed by atoms with van der Waals surface area (Å²) in [5.74, 6) is 0.514. The Morgan fingerprint density at radius 3 is 2.20 bits per heavy atom. The number of benzene rings is 1. The molecule has 108 valence electrons. The minimum atomic E-state index is -0.367. The maximum Gasteiger partial charge on any atom is 0.229 e. The molecule has 5 heteroatoms. The van der Waals surface area contributed by atoms with Crippen molar-refractivity contribution in [3.05, 3.63) is 29.8 Å². The lowest BCUT2D eigenvalue weighted by Crippen LogP contribution is -2.36. The lowest BCUT2D eigenvalue weighted by atomic mass is 10.1. The molecule has 1 aliphatic rings. The van der Waals surface area contributed by atoms with Crippen molar-refractivity contribution in [1.82, 2.24) is 4.90 Å². The van der Waals surface area contributed by atoms with Crippen LogP contribution in [-0.2, 0) is 9.59 Å². The van der Waals surface area contributed by atoms with Gasteiger partial charge in [-0.3, -0.25) is 14.5 Å². The van der Waals surface area contributed by atoms with Crippen molar-refractivity contribution >= 4 is 11.8 Å². The number of amides is 2. The van der Waals surface area contributed by atoms with Gasteiger partial charge in [-0.05, 0) is 31.5 Å². The van der Waals surface area contributed by atoms with Gasteiger partial charge in [0, 0.05) is 25.4 Å². The number of ether oxygens (including phenoxy) is 1. The van der Waals surface area contributed by atoms with Crippen molar-refractivity contribution in [3.63, 3.8) is 0 Å². The number of carbonyl (C=O) groups is 2. The highest BCUT2D eigenvalue weighted by Gasteiger charge is 2.30. The molecular weight excluding hydrogens is 256 g/mol. The molecule has 0 spiro atoms. The van der Waals surface area contributed by atoms with Gasteiger partial charge in [0.1, 0.15) is 5.75 Å². The first kappa shape index (κ1) is 14.5. The Labute approximate surface area is 118 Å². The van der Waals surface area contributed by atoms with Gasteiger partial charge in [-0.2, -0.15) is 0 Å². The van der Waals surface area contributed by atoms with Crippen LogP contribution in [0.5, 0.6) is 5.75 Å². The summed E-state index contributed by atoms with van der Waals surface area (Å²) >= 11 is 0. The second-order valence-electron chi connectivity index (χ2n) is 5.24. The quantitative estimate of drug-likeness (QED) is 0.829. The predicted octanol–water partition coefficient (Wildman–Crippen LogP) is 1.62. The van der Waals surface area contributed by atoms with Crippen LogP contribution < -0.4 is 10.5 Å². The Morgan fingerprint density at radius 1 is 1.15 bits per heavy atom. The first-order chi connectivity index (χ1) is 9.47. The molecule has 20 heavy (non-hydrogen) atoms. The third-order valence-corrected chi connectivity index (χ3v) is 3.21. The molecule has 1 aromatic rings. The topological polar surface area (TPSA) is 72.6 Å². The number of hydrogen-bond acceptors (Lipinski definition) is 4. The van der Waals surface area contributed by atoms with Crippen molar-refractivity contribution < 1.29 is 14.3 Å². The van der Waals surface area contributed by atoms with Gasteiger partial charge < -0.3 is 10.5 Å². The fourth-order valence-corrected chi connectivity index (χ4v) is 2.19. The molecule has 2 N–H and O–H groups in total. The van der Waals surface area contributed by atoms with Crippen molar-refractivity contribution in [2.24, 2.45) is 5.73 Å². The molecule has 1 atom stereocenters. The number of imide groups is 1. The van der Waals surface area contributed by atoms with Crippen molar-refractivity contribution in [3.8, 4) is 5.75 Å². The van der Waals surface area contributed by atoms with Gasteiger partial charge in [-0.15, -0.1) is 0 Å². The molecule has 1 heterocycles. The summed E-state index contributed by atoms with van der Waals surface area (Å²) in [6.45, 7) is 4.16. The van der Waals surface area contributed by atoms with Gasteiger partial charge in [0.05, 0.1) is 6.10 Å². The average molecular weight is 276 g/mol. The zero-order valence-electron chi connectivity index (χ0n) is 11.8. The molecule has 0 saturated carbocycles. The summed E-state index contributed by atoms with van der Waals surface area (Å²) in [5, 5.41) is 0. The van der Waals surface area contributed by atoms with Crippen LogP contribution in [0.15, 0.2) is 24.3 Å². The molecule has 1 unspecified atom stereocenters. The molecule has 0 aliphatic carbocycles. The second-order valence-corrected chi connectivity index (χ2v) is 5.24. The van der Waals surface area contributed by atoms with Crippen LogP contribution in [0.3, 0.4) is 0 Å². The number of carbonyl (C=O) groups excluding carboxylic acids is 2. The number of likely N-dealkylation sites (tertiary alicyclic amines) is 1. The van der Waals surface area contributed by atoms with Crippen molar-refractivity contribution in [2.45, 2.75) is 38.8 Å². The molecule has 1 saturated heterocycles. The number of rotatable bonds is 5. The van der Waals surface area contributed by atoms with E-state index in [0.29, 0.717) is 12.8 Å². The van der Waals surface area contributed by atoms with Gasteiger partial charge in [0.25, 0.3) is 0 Å². The lowest BCUT2D eigenvalue weighted by Gasteiger charge is -2.20. The van der Waals surface area contributed by atoms with Crippen LogP contribution in [0.2, 0.25) is 0 Å². The average Bonchev–Trinajstić information content (AvgIpc) is 2.70. The van der Waals surface area contributed by atoms with E-state index >= 15 is 0 Å². The monoisotopic (exact) mass is 276 g/mol. The van der Waals surface area contributed by atoms with E-state index < -0.39 is 0 Å². The fourth-order valence-electron chi connectivity index (χ4n) is 2.19. The van der Waals surface area contributed by atoms with Crippen LogP contribution in [0, 0.1) is 0 Å². The fraction of sp³-hybridized carbons (Fsp3) is 0.467. The number of hydrogen-bond donors (Lipinski definition) is 1. The molecule has 1 aliphatic heterocycles. The third-order valence-electron chi connectivity index (χ3n) is 3.21. The Kier molecular flexibility index (Phi) is 4.39. The third kappa shape index (κ3) is 3.36. The van der Waals surface area contributed by atoms with E-state index in [2.05, 4.69) is 0 Å². The van der Waals surface area contributed by atoms with E-state index in [0.717, 1.165) is 11.3 Å². The van der Waals surface area contributed by atoms with Crippen LogP contribution in [0.4, 0.5) is 0 Å². The first-order valence-corrected chi connectivity index (χ1v) is 6.82. The molecule has 0 bridgehead atoms. The largest absolute Gasteiger partial charge is 0.491 e. The van der Waals surface area contributed by atoms with Gasteiger partial charge in [0.15, 0.2) is 0 Å². The van der Waals surface area contributed by atoms with Crippen molar-refractivity contribution in [2.75, 3.05) is 6.54 Å². The summed E-state index contributed by atoms with van der Waals surface area (Å²) in [6, 6.07) is 7.07. The van der Waals surface area contributed by atoms with Gasteiger partial charge >= 0.3 is 0 Å². The maximum atomic E-state index is 11.6. The normalized spacial score (nSPS) is 16.9. The Morgan fingerprint density at radius 2 is 1.70 bits per heavy atom. The first-order valence-electron chi connectivity index (χ1n) is 6.82. The molecule has 1 fully saturated rings. The van der Waals surface area contributed by atoms with E-state index in [1.165, 1.54) is 4.90 Å². The van der Waals surface area contributed by atoms with E-state index in [4.69, 9.17) is 10.5 Å². The molecule has 0 aromatic heterocycles. The SMILES string of the molecule is CC(C)Oc1ccc(C(N)CN2C(=O)CCC2=O)cc1. The molecule has 2 rings (SSSR count). The Bertz CT molecular complexity index is 480.